The summed E-state index contributed by atoms with van der Waals surface area (Å²) in [6.45, 7) is 3.98. The van der Waals surface area contributed by atoms with Gasteiger partial charge in [0.2, 0.25) is 5.91 Å². The molecule has 1 fully saturated rings. The highest BCUT2D eigenvalue weighted by molar-refractivity contribution is 5.85. The molecule has 0 radical (unpaired) electrons. The Labute approximate surface area is 160 Å². The van der Waals surface area contributed by atoms with Crippen LogP contribution in [0.1, 0.15) is 24.1 Å². The summed E-state index contributed by atoms with van der Waals surface area (Å²) in [6.07, 6.45) is 0. The van der Waals surface area contributed by atoms with E-state index in [0.29, 0.717) is 18.1 Å². The van der Waals surface area contributed by atoms with Gasteiger partial charge in [-0.2, -0.15) is 0 Å². The van der Waals surface area contributed by atoms with E-state index >= 15 is 0 Å². The van der Waals surface area contributed by atoms with E-state index in [9.17, 15) is 4.79 Å². The van der Waals surface area contributed by atoms with Crippen LogP contribution in [0.15, 0.2) is 48.5 Å². The molecule has 140 valence electrons. The van der Waals surface area contributed by atoms with Crippen molar-refractivity contribution in [2.75, 3.05) is 20.2 Å². The molecule has 0 bridgehead atoms. The summed E-state index contributed by atoms with van der Waals surface area (Å²) in [6, 6.07) is 15.7. The molecule has 1 aliphatic heterocycles. The fourth-order valence-corrected chi connectivity index (χ4v) is 2.70. The van der Waals surface area contributed by atoms with Crippen LogP contribution in [0.25, 0.3) is 0 Å². The zero-order valence-corrected chi connectivity index (χ0v) is 15.8. The molecule has 2 aromatic rings. The standard InChI is InChI=1S/C20H24N2O3.ClH/c1-14(22-20(23)17-11-21-12-17)16-8-9-18(19(10-16)24-2)25-13-15-6-4-3-5-7-15;/h3-10,14,17,21H,11-13H2,1-2H3,(H,22,23);1H. The third kappa shape index (κ3) is 4.90. The first-order valence-corrected chi connectivity index (χ1v) is 8.53. The normalized spacial score (nSPS) is 14.5. The number of halogens is 1. The van der Waals surface area contributed by atoms with E-state index in [1.165, 1.54) is 0 Å². The van der Waals surface area contributed by atoms with Crippen LogP contribution in [0.3, 0.4) is 0 Å². The Morgan fingerprint density at radius 1 is 1.19 bits per heavy atom. The van der Waals surface area contributed by atoms with Gasteiger partial charge < -0.3 is 20.1 Å². The van der Waals surface area contributed by atoms with E-state index in [1.54, 1.807) is 7.11 Å². The highest BCUT2D eigenvalue weighted by Crippen LogP contribution is 2.31. The number of carbonyl (C=O) groups excluding carboxylic acids is 1. The van der Waals surface area contributed by atoms with Gasteiger partial charge in [0.05, 0.1) is 19.1 Å². The number of hydrogen-bond acceptors (Lipinski definition) is 4. The van der Waals surface area contributed by atoms with Crippen molar-refractivity contribution in [3.8, 4) is 11.5 Å². The van der Waals surface area contributed by atoms with Crippen molar-refractivity contribution in [2.45, 2.75) is 19.6 Å². The summed E-state index contributed by atoms with van der Waals surface area (Å²) >= 11 is 0. The Kier molecular flexibility index (Phi) is 7.30. The maximum absolute atomic E-state index is 12.1. The zero-order chi connectivity index (χ0) is 17.6. The van der Waals surface area contributed by atoms with Gasteiger partial charge in [0.15, 0.2) is 11.5 Å². The highest BCUT2D eigenvalue weighted by atomic mass is 35.5. The molecule has 0 aliphatic carbocycles. The minimum absolute atomic E-state index is 0. The van der Waals surface area contributed by atoms with Crippen molar-refractivity contribution in [3.63, 3.8) is 0 Å². The summed E-state index contributed by atoms with van der Waals surface area (Å²) in [7, 11) is 1.62. The van der Waals surface area contributed by atoms with Gasteiger partial charge in [-0.15, -0.1) is 12.4 Å². The van der Waals surface area contributed by atoms with Crippen LogP contribution in [-0.4, -0.2) is 26.1 Å². The molecule has 5 nitrogen and oxygen atoms in total. The number of ether oxygens (including phenoxy) is 2. The molecule has 1 aliphatic rings. The number of rotatable bonds is 7. The lowest BCUT2D eigenvalue weighted by molar-refractivity contribution is -0.127. The average molecular weight is 377 g/mol. The summed E-state index contributed by atoms with van der Waals surface area (Å²) in [5, 5.41) is 6.16. The molecular weight excluding hydrogens is 352 g/mol. The molecule has 0 aromatic heterocycles. The topological polar surface area (TPSA) is 59.6 Å². The predicted molar refractivity (Wildman–Crippen MR) is 104 cm³/mol. The van der Waals surface area contributed by atoms with Crippen molar-refractivity contribution in [1.29, 1.82) is 0 Å². The second-order valence-corrected chi connectivity index (χ2v) is 6.27. The number of hydrogen-bond donors (Lipinski definition) is 2. The summed E-state index contributed by atoms with van der Waals surface area (Å²) in [4.78, 5) is 12.1. The van der Waals surface area contributed by atoms with Gasteiger partial charge in [0, 0.05) is 13.1 Å². The Morgan fingerprint density at radius 3 is 2.54 bits per heavy atom. The molecule has 1 heterocycles. The van der Waals surface area contributed by atoms with Gasteiger partial charge in [0.25, 0.3) is 0 Å². The van der Waals surface area contributed by atoms with Crippen molar-refractivity contribution >= 4 is 18.3 Å². The van der Waals surface area contributed by atoms with E-state index in [4.69, 9.17) is 9.47 Å². The maximum Gasteiger partial charge on any atom is 0.226 e. The van der Waals surface area contributed by atoms with Gasteiger partial charge in [-0.05, 0) is 30.2 Å². The molecule has 26 heavy (non-hydrogen) atoms. The third-order valence-electron chi connectivity index (χ3n) is 4.44. The monoisotopic (exact) mass is 376 g/mol. The molecular formula is C20H25ClN2O3. The first-order valence-electron chi connectivity index (χ1n) is 8.53. The van der Waals surface area contributed by atoms with E-state index in [-0.39, 0.29) is 30.3 Å². The number of nitrogens with one attached hydrogen (secondary N) is 2. The summed E-state index contributed by atoms with van der Waals surface area (Å²) < 4.78 is 11.3. The third-order valence-corrected chi connectivity index (χ3v) is 4.44. The lowest BCUT2D eigenvalue weighted by Crippen LogP contribution is -2.51. The SMILES string of the molecule is COc1cc(C(C)NC(=O)C2CNC2)ccc1OCc1ccccc1.Cl. The first-order chi connectivity index (χ1) is 12.2. The molecule has 0 spiro atoms. The predicted octanol–water partition coefficient (Wildman–Crippen LogP) is 3.09. The number of amides is 1. The Balaban J connectivity index is 0.00000243. The van der Waals surface area contributed by atoms with Gasteiger partial charge in [-0.3, -0.25) is 4.79 Å². The van der Waals surface area contributed by atoms with Crippen LogP contribution >= 0.6 is 12.4 Å². The average Bonchev–Trinajstić information content (AvgIpc) is 2.59. The van der Waals surface area contributed by atoms with Crippen LogP contribution in [-0.2, 0) is 11.4 Å². The van der Waals surface area contributed by atoms with E-state index in [1.807, 2.05) is 55.5 Å². The molecule has 1 atom stereocenters. The van der Waals surface area contributed by atoms with Crippen molar-refractivity contribution in [3.05, 3.63) is 59.7 Å². The summed E-state index contributed by atoms with van der Waals surface area (Å²) in [5.41, 5.74) is 2.09. The van der Waals surface area contributed by atoms with E-state index < -0.39 is 0 Å². The lowest BCUT2D eigenvalue weighted by atomic mass is 10.0. The minimum Gasteiger partial charge on any atom is -0.493 e. The maximum atomic E-state index is 12.1. The fourth-order valence-electron chi connectivity index (χ4n) is 2.70. The highest BCUT2D eigenvalue weighted by Gasteiger charge is 2.26. The van der Waals surface area contributed by atoms with Crippen molar-refractivity contribution in [2.24, 2.45) is 5.92 Å². The van der Waals surface area contributed by atoms with Crippen LogP contribution in [0.2, 0.25) is 0 Å². The van der Waals surface area contributed by atoms with Crippen LogP contribution in [0.4, 0.5) is 0 Å². The minimum atomic E-state index is -0.0785. The molecule has 1 amide bonds. The molecule has 2 N–H and O–H groups in total. The lowest BCUT2D eigenvalue weighted by Gasteiger charge is -2.27. The van der Waals surface area contributed by atoms with Gasteiger partial charge in [-0.25, -0.2) is 0 Å². The summed E-state index contributed by atoms with van der Waals surface area (Å²) in [5.74, 6) is 1.53. The molecule has 1 unspecified atom stereocenters. The Bertz CT molecular complexity index is 720. The first kappa shape index (κ1) is 20.1. The Morgan fingerprint density at radius 2 is 1.92 bits per heavy atom. The molecule has 2 aromatic carbocycles. The number of benzene rings is 2. The number of carbonyl (C=O) groups is 1. The quantitative estimate of drug-likeness (QED) is 0.779. The van der Waals surface area contributed by atoms with E-state index in [2.05, 4.69) is 10.6 Å². The molecule has 6 heteroatoms. The fraction of sp³-hybridized carbons (Fsp3) is 0.350. The van der Waals surface area contributed by atoms with Gasteiger partial charge >= 0.3 is 0 Å². The zero-order valence-electron chi connectivity index (χ0n) is 15.0. The van der Waals surface area contributed by atoms with Crippen LogP contribution < -0.4 is 20.1 Å². The van der Waals surface area contributed by atoms with Gasteiger partial charge in [0.1, 0.15) is 6.61 Å². The van der Waals surface area contributed by atoms with Crippen molar-refractivity contribution < 1.29 is 14.3 Å². The second-order valence-electron chi connectivity index (χ2n) is 6.27. The Hall–Kier alpha value is -2.24. The van der Waals surface area contributed by atoms with Gasteiger partial charge in [-0.1, -0.05) is 36.4 Å². The largest absolute Gasteiger partial charge is 0.493 e. The molecule has 3 rings (SSSR count). The second kappa shape index (κ2) is 9.46. The van der Waals surface area contributed by atoms with Crippen molar-refractivity contribution in [1.82, 2.24) is 10.6 Å². The molecule has 0 saturated carbocycles. The number of methoxy groups -OCH3 is 1. The van der Waals surface area contributed by atoms with Crippen LogP contribution in [0.5, 0.6) is 11.5 Å². The van der Waals surface area contributed by atoms with E-state index in [0.717, 1.165) is 24.2 Å². The smallest absolute Gasteiger partial charge is 0.226 e. The molecule has 1 saturated heterocycles. The van der Waals surface area contributed by atoms with Crippen LogP contribution in [0, 0.1) is 5.92 Å².